The second-order valence-corrected chi connectivity index (χ2v) is 4.18. The fourth-order valence-corrected chi connectivity index (χ4v) is 1.96. The molecule has 2 aromatic rings. The minimum absolute atomic E-state index is 0.143. The molecule has 0 spiro atoms. The van der Waals surface area contributed by atoms with E-state index in [1.165, 1.54) is 24.3 Å². The summed E-state index contributed by atoms with van der Waals surface area (Å²) >= 11 is 0. The summed E-state index contributed by atoms with van der Waals surface area (Å²) in [6, 6.07) is 9.28. The van der Waals surface area contributed by atoms with Crippen molar-refractivity contribution in [2.75, 3.05) is 0 Å². The summed E-state index contributed by atoms with van der Waals surface area (Å²) in [6.07, 6.45) is 1.61. The van der Waals surface area contributed by atoms with Gasteiger partial charge in [0.1, 0.15) is 5.75 Å². The van der Waals surface area contributed by atoms with Crippen molar-refractivity contribution in [2.24, 2.45) is 0 Å². The number of allylic oxidation sites excluding steroid dienone is 1. The highest BCUT2D eigenvalue weighted by Crippen LogP contribution is 2.42. The third-order valence-electron chi connectivity index (χ3n) is 2.98. The van der Waals surface area contributed by atoms with Crippen molar-refractivity contribution < 1.29 is 20.4 Å². The van der Waals surface area contributed by atoms with Gasteiger partial charge in [-0.15, -0.1) is 6.58 Å². The van der Waals surface area contributed by atoms with E-state index in [-0.39, 0.29) is 23.2 Å². The molecule has 0 saturated heterocycles. The molecule has 4 N–H and O–H groups in total. The Bertz CT molecular complexity index is 602. The zero-order valence-electron chi connectivity index (χ0n) is 10.1. The molecular formula is C15H14O4. The molecule has 0 bridgehead atoms. The lowest BCUT2D eigenvalue weighted by molar-refractivity contribution is 0.365. The Morgan fingerprint density at radius 3 is 2.05 bits per heavy atom. The third-order valence-corrected chi connectivity index (χ3v) is 2.98. The van der Waals surface area contributed by atoms with Crippen LogP contribution in [0.25, 0.3) is 0 Å². The molecule has 0 saturated carbocycles. The van der Waals surface area contributed by atoms with Crippen molar-refractivity contribution >= 4 is 0 Å². The number of rotatable bonds is 3. The van der Waals surface area contributed by atoms with Crippen molar-refractivity contribution in [1.82, 2.24) is 0 Å². The Kier molecular flexibility index (Phi) is 3.33. The lowest BCUT2D eigenvalue weighted by Gasteiger charge is -2.16. The fourth-order valence-electron chi connectivity index (χ4n) is 1.96. The Hall–Kier alpha value is -2.62. The van der Waals surface area contributed by atoms with Gasteiger partial charge in [0.2, 0.25) is 5.75 Å². The maximum Gasteiger partial charge on any atom is 0.200 e. The van der Waals surface area contributed by atoms with Gasteiger partial charge in [-0.2, -0.15) is 0 Å². The molecule has 4 heteroatoms. The summed E-state index contributed by atoms with van der Waals surface area (Å²) in [4.78, 5) is 0. The van der Waals surface area contributed by atoms with Crippen LogP contribution in [0.3, 0.4) is 0 Å². The summed E-state index contributed by atoms with van der Waals surface area (Å²) < 4.78 is 0. The van der Waals surface area contributed by atoms with Crippen LogP contribution in [0.5, 0.6) is 23.0 Å². The smallest absolute Gasteiger partial charge is 0.200 e. The zero-order chi connectivity index (χ0) is 14.0. The molecule has 0 aliphatic rings. The molecule has 0 aliphatic heterocycles. The van der Waals surface area contributed by atoms with Crippen LogP contribution in [0.2, 0.25) is 0 Å². The lowest BCUT2D eigenvalue weighted by Crippen LogP contribution is -1.98. The van der Waals surface area contributed by atoms with E-state index < -0.39 is 5.75 Å². The Labute approximate surface area is 110 Å². The van der Waals surface area contributed by atoms with Crippen molar-refractivity contribution in [3.05, 3.63) is 60.2 Å². The van der Waals surface area contributed by atoms with Gasteiger partial charge in [0.05, 0.1) is 0 Å². The molecule has 0 heterocycles. The highest BCUT2D eigenvalue weighted by molar-refractivity contribution is 5.57. The van der Waals surface area contributed by atoms with Crippen LogP contribution in [-0.2, 0) is 0 Å². The van der Waals surface area contributed by atoms with E-state index in [0.717, 1.165) is 5.56 Å². The first-order valence-corrected chi connectivity index (χ1v) is 5.70. The molecule has 98 valence electrons. The van der Waals surface area contributed by atoms with Gasteiger partial charge in [0, 0.05) is 11.5 Å². The van der Waals surface area contributed by atoms with Crippen LogP contribution < -0.4 is 0 Å². The fraction of sp³-hybridized carbons (Fsp3) is 0.0667. The van der Waals surface area contributed by atoms with E-state index in [1.807, 2.05) is 0 Å². The maximum atomic E-state index is 9.89. The number of aromatic hydroxyl groups is 4. The molecule has 0 aromatic heterocycles. The summed E-state index contributed by atoms with van der Waals surface area (Å²) in [5.74, 6) is -1.52. The van der Waals surface area contributed by atoms with Gasteiger partial charge in [0.25, 0.3) is 0 Å². The van der Waals surface area contributed by atoms with Gasteiger partial charge >= 0.3 is 0 Å². The number of hydrogen-bond acceptors (Lipinski definition) is 4. The van der Waals surface area contributed by atoms with Gasteiger partial charge in [-0.3, -0.25) is 0 Å². The lowest BCUT2D eigenvalue weighted by atomic mass is 9.90. The monoisotopic (exact) mass is 258 g/mol. The average molecular weight is 258 g/mol. The van der Waals surface area contributed by atoms with Gasteiger partial charge in [-0.1, -0.05) is 24.3 Å². The standard InChI is InChI=1S/C15H14O4/c1-2-11(9-3-5-10(16)6-4-9)12-7-8-13(17)15(19)14(12)18/h2-8,11,16-19H,1H2. The molecule has 2 rings (SSSR count). The first-order valence-electron chi connectivity index (χ1n) is 5.70. The number of phenols is 4. The molecule has 0 fully saturated rings. The molecule has 0 aliphatic carbocycles. The largest absolute Gasteiger partial charge is 0.508 e. The van der Waals surface area contributed by atoms with Crippen LogP contribution in [0.1, 0.15) is 17.0 Å². The number of benzene rings is 2. The average Bonchev–Trinajstić information content (AvgIpc) is 2.41. The normalized spacial score (nSPS) is 12.0. The predicted molar refractivity (Wildman–Crippen MR) is 71.6 cm³/mol. The Morgan fingerprint density at radius 2 is 1.47 bits per heavy atom. The molecule has 2 aromatic carbocycles. The van der Waals surface area contributed by atoms with Crippen LogP contribution in [0.15, 0.2) is 49.1 Å². The van der Waals surface area contributed by atoms with E-state index >= 15 is 0 Å². The van der Waals surface area contributed by atoms with E-state index in [4.69, 9.17) is 0 Å². The quantitative estimate of drug-likeness (QED) is 0.504. The second-order valence-electron chi connectivity index (χ2n) is 4.18. The molecule has 1 atom stereocenters. The summed E-state index contributed by atoms with van der Waals surface area (Å²) in [6.45, 7) is 3.71. The maximum absolute atomic E-state index is 9.89. The molecule has 19 heavy (non-hydrogen) atoms. The summed E-state index contributed by atoms with van der Waals surface area (Å²) in [7, 11) is 0. The first-order chi connectivity index (χ1) is 9.04. The van der Waals surface area contributed by atoms with E-state index in [1.54, 1.807) is 18.2 Å². The Balaban J connectivity index is 2.51. The highest BCUT2D eigenvalue weighted by atomic mass is 16.3. The Morgan fingerprint density at radius 1 is 0.842 bits per heavy atom. The van der Waals surface area contributed by atoms with Gasteiger partial charge in [0.15, 0.2) is 11.5 Å². The number of phenolic OH excluding ortho intramolecular Hbond substituents is 4. The van der Waals surface area contributed by atoms with E-state index in [9.17, 15) is 20.4 Å². The topological polar surface area (TPSA) is 80.9 Å². The molecule has 0 radical (unpaired) electrons. The zero-order valence-corrected chi connectivity index (χ0v) is 10.1. The van der Waals surface area contributed by atoms with Crippen molar-refractivity contribution in [3.8, 4) is 23.0 Å². The second kappa shape index (κ2) is 4.94. The minimum atomic E-state index is -0.553. The molecule has 4 nitrogen and oxygen atoms in total. The molecular weight excluding hydrogens is 244 g/mol. The summed E-state index contributed by atoms with van der Waals surface area (Å²) in [5, 5.41) is 38.0. The molecule has 1 unspecified atom stereocenters. The third kappa shape index (κ3) is 2.33. The van der Waals surface area contributed by atoms with E-state index in [2.05, 4.69) is 6.58 Å². The predicted octanol–water partition coefficient (Wildman–Crippen LogP) is 2.83. The number of hydrogen-bond donors (Lipinski definition) is 4. The first kappa shape index (κ1) is 12.8. The van der Waals surface area contributed by atoms with Crippen molar-refractivity contribution in [2.45, 2.75) is 5.92 Å². The molecule has 0 amide bonds. The minimum Gasteiger partial charge on any atom is -0.508 e. The van der Waals surface area contributed by atoms with E-state index in [0.29, 0.717) is 5.56 Å². The van der Waals surface area contributed by atoms with Gasteiger partial charge in [-0.25, -0.2) is 0 Å². The summed E-state index contributed by atoms with van der Waals surface area (Å²) in [5.41, 5.74) is 1.23. The van der Waals surface area contributed by atoms with Crippen molar-refractivity contribution in [3.63, 3.8) is 0 Å². The van der Waals surface area contributed by atoms with Gasteiger partial charge in [-0.05, 0) is 23.8 Å². The van der Waals surface area contributed by atoms with Crippen molar-refractivity contribution in [1.29, 1.82) is 0 Å². The van der Waals surface area contributed by atoms with Gasteiger partial charge < -0.3 is 20.4 Å². The van der Waals surface area contributed by atoms with Crippen LogP contribution in [0.4, 0.5) is 0 Å². The van der Waals surface area contributed by atoms with Crippen LogP contribution in [-0.4, -0.2) is 20.4 Å². The SMILES string of the molecule is C=CC(c1ccc(O)cc1)c1ccc(O)c(O)c1O. The van der Waals surface area contributed by atoms with Crippen LogP contribution in [0, 0.1) is 0 Å². The van der Waals surface area contributed by atoms with Crippen LogP contribution >= 0.6 is 0 Å². The highest BCUT2D eigenvalue weighted by Gasteiger charge is 2.18.